The summed E-state index contributed by atoms with van der Waals surface area (Å²) in [6, 6.07) is 13.5. The molecular formula is C20H19N3O3. The van der Waals surface area contributed by atoms with Gasteiger partial charge in [-0.15, -0.1) is 0 Å². The van der Waals surface area contributed by atoms with Gasteiger partial charge in [-0.2, -0.15) is 0 Å². The second-order valence-corrected chi connectivity index (χ2v) is 6.54. The van der Waals surface area contributed by atoms with Crippen molar-refractivity contribution in [2.24, 2.45) is 0 Å². The highest BCUT2D eigenvalue weighted by Gasteiger charge is 2.31. The summed E-state index contributed by atoms with van der Waals surface area (Å²) in [6.07, 6.45) is 2.44. The minimum absolute atomic E-state index is 0.0523. The van der Waals surface area contributed by atoms with Crippen molar-refractivity contribution < 1.29 is 14.3 Å². The molecule has 0 aliphatic carbocycles. The Bertz CT molecular complexity index is 1010. The van der Waals surface area contributed by atoms with Crippen molar-refractivity contribution in [1.29, 1.82) is 0 Å². The predicted molar refractivity (Wildman–Crippen MR) is 97.3 cm³/mol. The second-order valence-electron chi connectivity index (χ2n) is 6.54. The number of aromatic nitrogens is 2. The van der Waals surface area contributed by atoms with Gasteiger partial charge in [0.05, 0.1) is 0 Å². The van der Waals surface area contributed by atoms with E-state index in [-0.39, 0.29) is 24.2 Å². The van der Waals surface area contributed by atoms with Crippen LogP contribution >= 0.6 is 0 Å². The summed E-state index contributed by atoms with van der Waals surface area (Å²) in [5.41, 5.74) is 3.86. The summed E-state index contributed by atoms with van der Waals surface area (Å²) in [5.74, 6) is -0.822. The van der Waals surface area contributed by atoms with Crippen LogP contribution in [-0.4, -0.2) is 33.9 Å². The lowest BCUT2D eigenvalue weighted by molar-refractivity contribution is -0.122. The van der Waals surface area contributed by atoms with E-state index < -0.39 is 5.97 Å². The Morgan fingerprint density at radius 3 is 2.81 bits per heavy atom. The van der Waals surface area contributed by atoms with Crippen LogP contribution in [0.5, 0.6) is 0 Å². The lowest BCUT2D eigenvalue weighted by Gasteiger charge is -2.22. The maximum atomic E-state index is 12.6. The van der Waals surface area contributed by atoms with Gasteiger partial charge in [0.25, 0.3) is 5.91 Å². The van der Waals surface area contributed by atoms with Crippen LogP contribution in [0.25, 0.3) is 5.65 Å². The van der Waals surface area contributed by atoms with E-state index in [0.29, 0.717) is 5.65 Å². The van der Waals surface area contributed by atoms with E-state index in [2.05, 4.69) is 4.98 Å². The van der Waals surface area contributed by atoms with Crippen molar-refractivity contribution in [3.63, 3.8) is 0 Å². The molecule has 0 unspecified atom stereocenters. The Kier molecular flexibility index (Phi) is 3.95. The van der Waals surface area contributed by atoms with Crippen LogP contribution in [0.2, 0.25) is 0 Å². The number of carbonyl (C=O) groups is 2. The number of hydrogen-bond donors (Lipinski definition) is 0. The fraction of sp³-hybridized carbons (Fsp3) is 0.250. The van der Waals surface area contributed by atoms with Crippen molar-refractivity contribution >= 4 is 23.2 Å². The standard InChI is InChI=1S/C20H19N3O3/c1-13-6-5-9-18-21-16(11-22(13)18)20(25)26-12-19(24)23-14(2)10-15-7-3-4-8-17(15)23/h3-9,11,14H,10,12H2,1-2H3/t14-/m1/s1. The SMILES string of the molecule is Cc1cccc2nc(C(=O)OCC(=O)N3c4ccccc4C[C@H]3C)cn12. The third-order valence-corrected chi connectivity index (χ3v) is 4.71. The van der Waals surface area contributed by atoms with Crippen LogP contribution in [0.4, 0.5) is 5.69 Å². The lowest BCUT2D eigenvalue weighted by Crippen LogP contribution is -2.38. The van der Waals surface area contributed by atoms with Crippen LogP contribution < -0.4 is 4.90 Å². The number of benzene rings is 1. The molecule has 6 nitrogen and oxygen atoms in total. The number of amides is 1. The highest BCUT2D eigenvalue weighted by atomic mass is 16.5. The van der Waals surface area contributed by atoms with Crippen molar-refractivity contribution in [1.82, 2.24) is 9.38 Å². The number of ether oxygens (including phenoxy) is 1. The number of imidazole rings is 1. The average Bonchev–Trinajstić information content (AvgIpc) is 3.20. The van der Waals surface area contributed by atoms with Crippen LogP contribution in [0.3, 0.4) is 0 Å². The predicted octanol–water partition coefficient (Wildman–Crippen LogP) is 2.78. The Morgan fingerprint density at radius 1 is 1.19 bits per heavy atom. The zero-order valence-electron chi connectivity index (χ0n) is 14.7. The summed E-state index contributed by atoms with van der Waals surface area (Å²) >= 11 is 0. The fourth-order valence-electron chi connectivity index (χ4n) is 3.46. The van der Waals surface area contributed by atoms with E-state index >= 15 is 0 Å². The summed E-state index contributed by atoms with van der Waals surface area (Å²) in [5, 5.41) is 0. The smallest absolute Gasteiger partial charge is 0.359 e. The molecule has 1 atom stereocenters. The van der Waals surface area contributed by atoms with Crippen molar-refractivity contribution in [2.75, 3.05) is 11.5 Å². The van der Waals surface area contributed by atoms with Gasteiger partial charge in [-0.3, -0.25) is 4.79 Å². The van der Waals surface area contributed by atoms with Gasteiger partial charge in [0.1, 0.15) is 5.65 Å². The number of carbonyl (C=O) groups excluding carboxylic acids is 2. The number of esters is 1. The molecule has 0 saturated carbocycles. The summed E-state index contributed by atoms with van der Waals surface area (Å²) < 4.78 is 7.05. The molecule has 3 aromatic rings. The van der Waals surface area contributed by atoms with E-state index in [1.807, 2.05) is 60.7 Å². The van der Waals surface area contributed by atoms with Gasteiger partial charge in [0, 0.05) is 23.6 Å². The number of pyridine rings is 1. The molecule has 1 amide bonds. The highest BCUT2D eigenvalue weighted by molar-refractivity contribution is 5.98. The van der Waals surface area contributed by atoms with Crippen molar-refractivity contribution in [3.05, 3.63) is 65.6 Å². The molecular weight excluding hydrogens is 330 g/mol. The molecule has 4 rings (SSSR count). The summed E-state index contributed by atoms with van der Waals surface area (Å²) in [4.78, 5) is 30.9. The first kappa shape index (κ1) is 16.3. The number of nitrogens with zero attached hydrogens (tertiary/aromatic N) is 3. The topological polar surface area (TPSA) is 63.9 Å². The van der Waals surface area contributed by atoms with Crippen LogP contribution in [-0.2, 0) is 16.0 Å². The van der Waals surface area contributed by atoms with Gasteiger partial charge in [-0.1, -0.05) is 24.3 Å². The number of anilines is 1. The second kappa shape index (κ2) is 6.29. The maximum Gasteiger partial charge on any atom is 0.359 e. The molecule has 0 spiro atoms. The van der Waals surface area contributed by atoms with Gasteiger partial charge in [-0.25, -0.2) is 9.78 Å². The molecule has 2 aromatic heterocycles. The number of hydrogen-bond acceptors (Lipinski definition) is 4. The molecule has 1 aromatic carbocycles. The molecule has 0 bridgehead atoms. The van der Waals surface area contributed by atoms with Gasteiger partial charge >= 0.3 is 5.97 Å². The zero-order valence-corrected chi connectivity index (χ0v) is 14.7. The number of fused-ring (bicyclic) bond motifs is 2. The Morgan fingerprint density at radius 2 is 2.00 bits per heavy atom. The van der Waals surface area contributed by atoms with Gasteiger partial charge in [-0.05, 0) is 44.0 Å². The minimum atomic E-state index is -0.596. The zero-order chi connectivity index (χ0) is 18.3. The summed E-state index contributed by atoms with van der Waals surface area (Å²) in [6.45, 7) is 3.62. The molecule has 1 aliphatic heterocycles. The highest BCUT2D eigenvalue weighted by Crippen LogP contribution is 2.31. The van der Waals surface area contributed by atoms with Crippen LogP contribution in [0.1, 0.15) is 28.7 Å². The van der Waals surface area contributed by atoms with E-state index in [1.165, 1.54) is 0 Å². The molecule has 0 radical (unpaired) electrons. The molecule has 0 fully saturated rings. The Labute approximate surface area is 151 Å². The fourth-order valence-corrected chi connectivity index (χ4v) is 3.46. The normalized spacial score (nSPS) is 15.9. The first-order valence-corrected chi connectivity index (χ1v) is 8.56. The molecule has 1 aliphatic rings. The number of aryl methyl sites for hydroxylation is 1. The van der Waals surface area contributed by atoms with Crippen LogP contribution in [0, 0.1) is 6.92 Å². The first-order chi connectivity index (χ1) is 12.5. The van der Waals surface area contributed by atoms with Gasteiger partial charge in [0.15, 0.2) is 12.3 Å². The van der Waals surface area contributed by atoms with E-state index in [1.54, 1.807) is 11.1 Å². The first-order valence-electron chi connectivity index (χ1n) is 8.56. The third-order valence-electron chi connectivity index (χ3n) is 4.71. The molecule has 132 valence electrons. The Hall–Kier alpha value is -3.15. The average molecular weight is 349 g/mol. The lowest BCUT2D eigenvalue weighted by atomic mass is 10.1. The summed E-state index contributed by atoms with van der Waals surface area (Å²) in [7, 11) is 0. The van der Waals surface area contributed by atoms with Gasteiger partial charge in [0.2, 0.25) is 0 Å². The van der Waals surface area contributed by atoms with E-state index in [9.17, 15) is 9.59 Å². The van der Waals surface area contributed by atoms with E-state index in [4.69, 9.17) is 4.74 Å². The van der Waals surface area contributed by atoms with Gasteiger partial charge < -0.3 is 14.0 Å². The minimum Gasteiger partial charge on any atom is -0.451 e. The molecule has 26 heavy (non-hydrogen) atoms. The maximum absolute atomic E-state index is 12.6. The van der Waals surface area contributed by atoms with Crippen molar-refractivity contribution in [3.8, 4) is 0 Å². The molecule has 3 heterocycles. The monoisotopic (exact) mass is 349 g/mol. The van der Waals surface area contributed by atoms with Crippen molar-refractivity contribution in [2.45, 2.75) is 26.3 Å². The molecule has 0 N–H and O–H groups in total. The van der Waals surface area contributed by atoms with Crippen LogP contribution in [0.15, 0.2) is 48.7 Å². The number of rotatable bonds is 3. The third kappa shape index (κ3) is 2.73. The van der Waals surface area contributed by atoms with E-state index in [0.717, 1.165) is 23.4 Å². The largest absolute Gasteiger partial charge is 0.451 e. The quantitative estimate of drug-likeness (QED) is 0.682. The molecule has 6 heteroatoms. The Balaban J connectivity index is 1.47. The molecule has 0 saturated heterocycles. The number of para-hydroxylation sites is 1.